The van der Waals surface area contributed by atoms with Gasteiger partial charge in [-0.1, -0.05) is 12.1 Å². The predicted molar refractivity (Wildman–Crippen MR) is 91.9 cm³/mol. The average molecular weight is 366 g/mol. The van der Waals surface area contributed by atoms with E-state index in [1.54, 1.807) is 24.3 Å². The summed E-state index contributed by atoms with van der Waals surface area (Å²) in [6.45, 7) is 0. The van der Waals surface area contributed by atoms with Crippen LogP contribution in [0.2, 0.25) is 0 Å². The summed E-state index contributed by atoms with van der Waals surface area (Å²) in [4.78, 5) is 0. The van der Waals surface area contributed by atoms with Gasteiger partial charge < -0.3 is 34.6 Å². The zero-order chi connectivity index (χ0) is 18.5. The van der Waals surface area contributed by atoms with Crippen molar-refractivity contribution in [1.29, 1.82) is 0 Å². The molecule has 4 N–H and O–H groups in total. The number of aliphatic hydroxyl groups excluding tert-OH is 1. The minimum absolute atomic E-state index is 0.0965. The third-order valence-electron chi connectivity index (χ3n) is 5.52. The van der Waals surface area contributed by atoms with Crippen LogP contribution in [0.1, 0.15) is 17.2 Å². The first kappa shape index (κ1) is 15.0. The fourth-order valence-corrected chi connectivity index (χ4v) is 4.30. The Kier molecular flexibility index (Phi) is 2.53. The van der Waals surface area contributed by atoms with Crippen molar-refractivity contribution in [2.45, 2.75) is 24.1 Å². The summed E-state index contributed by atoms with van der Waals surface area (Å²) in [6.07, 6.45) is -2.39. The van der Waals surface area contributed by atoms with Gasteiger partial charge in [-0.05, 0) is 30.3 Å². The number of hydrogen-bond donors (Lipinski definition) is 4. The minimum Gasteiger partial charge on any atom is -0.508 e. The number of rotatable bonds is 0. The molecule has 1 fully saturated rings. The van der Waals surface area contributed by atoms with E-state index in [0.717, 1.165) is 0 Å². The van der Waals surface area contributed by atoms with Crippen molar-refractivity contribution in [3.8, 4) is 28.7 Å². The first-order valence-electron chi connectivity index (χ1n) is 8.53. The molecule has 0 bridgehead atoms. The first-order valence-corrected chi connectivity index (χ1v) is 8.53. The van der Waals surface area contributed by atoms with Crippen molar-refractivity contribution in [3.63, 3.8) is 0 Å². The number of phenols is 3. The Hall–Kier alpha value is -3.16. The van der Waals surface area contributed by atoms with Gasteiger partial charge >= 0.3 is 5.79 Å². The number of benzene rings is 3. The van der Waals surface area contributed by atoms with Gasteiger partial charge in [0.05, 0.1) is 10.9 Å². The van der Waals surface area contributed by atoms with E-state index in [1.807, 2.05) is 0 Å². The number of phenolic OH excluding ortho intramolecular Hbond substituents is 3. The minimum atomic E-state index is -1.56. The Morgan fingerprint density at radius 3 is 2.33 bits per heavy atom. The monoisotopic (exact) mass is 366 g/mol. The van der Waals surface area contributed by atoms with Crippen molar-refractivity contribution in [1.82, 2.24) is 0 Å². The average Bonchev–Trinajstić information content (AvgIpc) is 3.47. The maximum Gasteiger partial charge on any atom is 0.311 e. The van der Waals surface area contributed by atoms with Crippen molar-refractivity contribution >= 4 is 10.8 Å². The Bertz CT molecular complexity index is 1130. The van der Waals surface area contributed by atoms with E-state index in [2.05, 4.69) is 0 Å². The molecule has 0 amide bonds. The van der Waals surface area contributed by atoms with Gasteiger partial charge in [-0.15, -0.1) is 0 Å². The van der Waals surface area contributed by atoms with Crippen molar-refractivity contribution < 1.29 is 34.6 Å². The second-order valence-corrected chi connectivity index (χ2v) is 6.99. The summed E-state index contributed by atoms with van der Waals surface area (Å²) in [5, 5.41) is 42.7. The number of aromatic hydroxyl groups is 3. The summed E-state index contributed by atoms with van der Waals surface area (Å²) in [6, 6.07) is 11.0. The Balaban J connectivity index is 1.65. The van der Waals surface area contributed by atoms with Crippen LogP contribution in [0.3, 0.4) is 0 Å². The molecule has 1 aliphatic carbocycles. The van der Waals surface area contributed by atoms with Crippen LogP contribution in [-0.4, -0.2) is 32.6 Å². The van der Waals surface area contributed by atoms with Gasteiger partial charge in [0.15, 0.2) is 6.10 Å². The number of aliphatic hydroxyl groups is 1. The Morgan fingerprint density at radius 1 is 0.815 bits per heavy atom. The molecule has 3 aliphatic rings. The van der Waals surface area contributed by atoms with E-state index in [-0.39, 0.29) is 28.4 Å². The molecule has 2 heterocycles. The first-order chi connectivity index (χ1) is 13.0. The van der Waals surface area contributed by atoms with Gasteiger partial charge in [0, 0.05) is 10.9 Å². The fraction of sp³-hybridized carbons (Fsp3) is 0.200. The molecule has 7 heteroatoms. The molecule has 6 rings (SSSR count). The lowest BCUT2D eigenvalue weighted by molar-refractivity contribution is -0.149. The molecular weight excluding hydrogens is 352 g/mol. The van der Waals surface area contributed by atoms with Gasteiger partial charge in [0.2, 0.25) is 0 Å². The molecule has 1 saturated heterocycles. The van der Waals surface area contributed by atoms with Crippen molar-refractivity contribution in [2.24, 2.45) is 0 Å². The molecule has 27 heavy (non-hydrogen) atoms. The quantitative estimate of drug-likeness (QED) is 0.357. The van der Waals surface area contributed by atoms with E-state index in [4.69, 9.17) is 14.2 Å². The van der Waals surface area contributed by atoms with Crippen LogP contribution in [0, 0.1) is 0 Å². The smallest absolute Gasteiger partial charge is 0.311 e. The van der Waals surface area contributed by atoms with E-state index < -0.39 is 24.1 Å². The molecule has 0 radical (unpaired) electrons. The number of hydrogen-bond acceptors (Lipinski definition) is 7. The highest BCUT2D eigenvalue weighted by Gasteiger charge is 2.69. The zero-order valence-electron chi connectivity index (χ0n) is 13.8. The third kappa shape index (κ3) is 1.68. The van der Waals surface area contributed by atoms with Crippen molar-refractivity contribution in [2.75, 3.05) is 0 Å². The Morgan fingerprint density at radius 2 is 1.52 bits per heavy atom. The maximum atomic E-state index is 10.6. The summed E-state index contributed by atoms with van der Waals surface area (Å²) in [5.41, 5.74) is 0.271. The number of ether oxygens (including phenoxy) is 3. The third-order valence-corrected chi connectivity index (χ3v) is 5.52. The lowest BCUT2D eigenvalue weighted by Crippen LogP contribution is -2.50. The molecule has 0 saturated carbocycles. The second kappa shape index (κ2) is 4.57. The maximum absolute atomic E-state index is 10.6. The van der Waals surface area contributed by atoms with E-state index >= 15 is 0 Å². The number of epoxide rings is 1. The summed E-state index contributed by atoms with van der Waals surface area (Å²) >= 11 is 0. The van der Waals surface area contributed by atoms with Crippen LogP contribution in [0.15, 0.2) is 42.5 Å². The normalized spacial score (nSPS) is 29.6. The molecule has 4 atom stereocenters. The molecule has 3 aromatic carbocycles. The van der Waals surface area contributed by atoms with Gasteiger partial charge in [0.25, 0.3) is 0 Å². The van der Waals surface area contributed by atoms with Crippen LogP contribution in [-0.2, 0) is 10.5 Å². The van der Waals surface area contributed by atoms with Crippen LogP contribution < -0.4 is 9.47 Å². The van der Waals surface area contributed by atoms with Crippen LogP contribution in [0.25, 0.3) is 10.8 Å². The Labute approximate surface area is 152 Å². The summed E-state index contributed by atoms with van der Waals surface area (Å²) < 4.78 is 18.1. The summed E-state index contributed by atoms with van der Waals surface area (Å²) in [7, 11) is 0. The molecular formula is C20H14O7. The molecule has 3 aromatic rings. The standard InChI is InChI=1S/C20H14O7/c21-9-6-7-13-14-8(9)2-1-3-12(14)26-20(27-13)16-11(23)5-4-10(22)15(16)17(24)18-19(20)25-18/h1-7,17-19,21-24H/t17-,18-,19-,20+/m1/s1. The van der Waals surface area contributed by atoms with Crippen LogP contribution in [0.4, 0.5) is 0 Å². The fourth-order valence-electron chi connectivity index (χ4n) is 4.30. The predicted octanol–water partition coefficient (Wildman–Crippen LogP) is 2.40. The number of fused-ring (bicyclic) bond motifs is 4. The molecule has 0 aromatic heterocycles. The van der Waals surface area contributed by atoms with Gasteiger partial charge in [-0.3, -0.25) is 0 Å². The molecule has 2 aliphatic heterocycles. The van der Waals surface area contributed by atoms with Crippen LogP contribution in [0.5, 0.6) is 28.7 Å². The summed E-state index contributed by atoms with van der Waals surface area (Å²) in [5.74, 6) is -0.914. The van der Waals surface area contributed by atoms with Gasteiger partial charge in [-0.25, -0.2) is 0 Å². The topological polar surface area (TPSA) is 112 Å². The van der Waals surface area contributed by atoms with Gasteiger partial charge in [0.1, 0.15) is 41.0 Å². The molecule has 7 nitrogen and oxygen atoms in total. The van der Waals surface area contributed by atoms with Gasteiger partial charge in [-0.2, -0.15) is 0 Å². The lowest BCUT2D eigenvalue weighted by atomic mass is 9.82. The van der Waals surface area contributed by atoms with Crippen molar-refractivity contribution in [3.05, 3.63) is 53.6 Å². The molecule has 136 valence electrons. The highest BCUT2D eigenvalue weighted by Crippen LogP contribution is 2.61. The van der Waals surface area contributed by atoms with E-state index in [0.29, 0.717) is 22.3 Å². The molecule has 1 spiro atoms. The largest absolute Gasteiger partial charge is 0.508 e. The SMILES string of the molecule is Oc1ccc(O)c2c1[C@@H](O)[C@H]1O[C@H]1[C@]21Oc2cccc3c(O)ccc(c23)O1. The highest BCUT2D eigenvalue weighted by molar-refractivity contribution is 5.98. The lowest BCUT2D eigenvalue weighted by Gasteiger charge is -2.41. The highest BCUT2D eigenvalue weighted by atomic mass is 16.8. The van der Waals surface area contributed by atoms with E-state index in [9.17, 15) is 20.4 Å². The zero-order valence-corrected chi connectivity index (χ0v) is 13.8. The second-order valence-electron chi connectivity index (χ2n) is 6.99. The molecule has 0 unspecified atom stereocenters. The van der Waals surface area contributed by atoms with E-state index in [1.165, 1.54) is 18.2 Å². The van der Waals surface area contributed by atoms with Crippen LogP contribution >= 0.6 is 0 Å².